The number of nitrogens with two attached hydrogens (primary N) is 1. The maximum Gasteiger partial charge on any atom is 0.237 e. The van der Waals surface area contributed by atoms with Crippen molar-refractivity contribution in [2.45, 2.75) is 13.2 Å². The molecule has 1 aromatic heterocycles. The molecule has 0 bridgehead atoms. The van der Waals surface area contributed by atoms with Gasteiger partial charge >= 0.3 is 0 Å². The van der Waals surface area contributed by atoms with Gasteiger partial charge in [-0.1, -0.05) is 42.5 Å². The second-order valence-corrected chi connectivity index (χ2v) is 4.88. The Labute approximate surface area is 122 Å². The normalized spacial score (nSPS) is 10.7. The largest absolute Gasteiger partial charge is 0.487 e. The molecule has 21 heavy (non-hydrogen) atoms. The number of ether oxygens (including phenoxy) is 1. The average Bonchev–Trinajstić information content (AvgIpc) is 2.89. The summed E-state index contributed by atoms with van der Waals surface area (Å²) in [4.78, 5) is 11.2. The van der Waals surface area contributed by atoms with Crippen LogP contribution in [0.1, 0.15) is 5.56 Å². The lowest BCUT2D eigenvalue weighted by atomic mass is 10.2. The number of carbonyl (C=O) groups excluding carboxylic acids is 1. The van der Waals surface area contributed by atoms with Crippen LogP contribution >= 0.6 is 0 Å². The molecule has 0 atom stereocenters. The average molecular weight is 280 g/mol. The topological polar surface area (TPSA) is 57.2 Å². The Morgan fingerprint density at radius 2 is 1.86 bits per heavy atom. The summed E-state index contributed by atoms with van der Waals surface area (Å²) >= 11 is 0. The molecule has 0 aliphatic heterocycles. The molecule has 0 aliphatic rings. The highest BCUT2D eigenvalue weighted by Crippen LogP contribution is 2.27. The molecule has 0 saturated heterocycles. The highest BCUT2D eigenvalue weighted by atomic mass is 16.5. The number of nitrogens with zero attached hydrogens (tertiary/aromatic N) is 1. The molecule has 4 heteroatoms. The number of hydrogen-bond donors (Lipinski definition) is 1. The number of hydrogen-bond acceptors (Lipinski definition) is 2. The molecule has 0 radical (unpaired) electrons. The maximum atomic E-state index is 11.2. The lowest BCUT2D eigenvalue weighted by Crippen LogP contribution is -2.18. The van der Waals surface area contributed by atoms with Crippen molar-refractivity contribution < 1.29 is 9.53 Å². The van der Waals surface area contributed by atoms with Gasteiger partial charge in [-0.25, -0.2) is 0 Å². The van der Waals surface area contributed by atoms with E-state index < -0.39 is 0 Å². The van der Waals surface area contributed by atoms with Gasteiger partial charge in [0, 0.05) is 11.6 Å². The molecule has 3 aromatic rings. The van der Waals surface area contributed by atoms with Crippen molar-refractivity contribution in [2.24, 2.45) is 5.73 Å². The van der Waals surface area contributed by atoms with Crippen LogP contribution in [-0.2, 0) is 17.9 Å². The van der Waals surface area contributed by atoms with Crippen LogP contribution in [0.4, 0.5) is 0 Å². The van der Waals surface area contributed by atoms with Crippen molar-refractivity contribution in [2.75, 3.05) is 0 Å². The minimum atomic E-state index is -0.370. The summed E-state index contributed by atoms with van der Waals surface area (Å²) in [5.41, 5.74) is 7.28. The van der Waals surface area contributed by atoms with Crippen LogP contribution in [0.5, 0.6) is 5.75 Å². The SMILES string of the molecule is NC(=O)Cn1ccc2cccc(OCc3ccccc3)c21. The Hall–Kier alpha value is -2.75. The van der Waals surface area contributed by atoms with Crippen molar-refractivity contribution in [1.29, 1.82) is 0 Å². The van der Waals surface area contributed by atoms with E-state index in [0.29, 0.717) is 6.61 Å². The first kappa shape index (κ1) is 13.2. The van der Waals surface area contributed by atoms with Crippen LogP contribution in [0.15, 0.2) is 60.8 Å². The van der Waals surface area contributed by atoms with E-state index in [1.807, 2.05) is 65.4 Å². The third-order valence-corrected chi connectivity index (χ3v) is 3.31. The molecular weight excluding hydrogens is 264 g/mol. The summed E-state index contributed by atoms with van der Waals surface area (Å²) < 4.78 is 7.73. The summed E-state index contributed by atoms with van der Waals surface area (Å²) in [7, 11) is 0. The Morgan fingerprint density at radius 1 is 1.05 bits per heavy atom. The molecular formula is C17H16N2O2. The molecule has 4 nitrogen and oxygen atoms in total. The number of benzene rings is 2. The predicted octanol–water partition coefficient (Wildman–Crippen LogP) is 2.71. The van der Waals surface area contributed by atoms with Crippen LogP contribution in [0.25, 0.3) is 10.9 Å². The number of fused-ring (bicyclic) bond motifs is 1. The zero-order valence-corrected chi connectivity index (χ0v) is 11.5. The third kappa shape index (κ3) is 2.89. The van der Waals surface area contributed by atoms with E-state index in [2.05, 4.69) is 0 Å². The van der Waals surface area contributed by atoms with Crippen molar-refractivity contribution in [3.8, 4) is 5.75 Å². The molecule has 0 saturated carbocycles. The number of rotatable bonds is 5. The number of para-hydroxylation sites is 1. The smallest absolute Gasteiger partial charge is 0.237 e. The number of amides is 1. The van der Waals surface area contributed by atoms with Gasteiger partial charge in [0.1, 0.15) is 18.9 Å². The molecule has 0 unspecified atom stereocenters. The number of carbonyl (C=O) groups is 1. The lowest BCUT2D eigenvalue weighted by molar-refractivity contribution is -0.118. The standard InChI is InChI=1S/C17H16N2O2/c18-16(20)11-19-10-9-14-7-4-8-15(17(14)19)21-12-13-5-2-1-3-6-13/h1-10H,11-12H2,(H2,18,20). The molecule has 3 rings (SSSR count). The molecule has 0 spiro atoms. The van der Waals surface area contributed by atoms with E-state index in [0.717, 1.165) is 22.2 Å². The number of aromatic nitrogens is 1. The van der Waals surface area contributed by atoms with Crippen LogP contribution in [0.2, 0.25) is 0 Å². The molecule has 2 N–H and O–H groups in total. The first-order valence-corrected chi connectivity index (χ1v) is 6.77. The number of primary amides is 1. The summed E-state index contributed by atoms with van der Waals surface area (Å²) in [5.74, 6) is 0.382. The van der Waals surface area contributed by atoms with E-state index in [-0.39, 0.29) is 12.5 Å². The van der Waals surface area contributed by atoms with Crippen molar-refractivity contribution in [3.63, 3.8) is 0 Å². The Balaban J connectivity index is 1.90. The Morgan fingerprint density at radius 3 is 2.62 bits per heavy atom. The predicted molar refractivity (Wildman–Crippen MR) is 81.9 cm³/mol. The fourth-order valence-corrected chi connectivity index (χ4v) is 2.38. The highest BCUT2D eigenvalue weighted by molar-refractivity contribution is 5.87. The van der Waals surface area contributed by atoms with Crippen LogP contribution in [-0.4, -0.2) is 10.5 Å². The molecule has 0 aliphatic carbocycles. The van der Waals surface area contributed by atoms with E-state index in [9.17, 15) is 4.79 Å². The van der Waals surface area contributed by atoms with Crippen LogP contribution < -0.4 is 10.5 Å². The van der Waals surface area contributed by atoms with E-state index in [1.165, 1.54) is 0 Å². The fourth-order valence-electron chi connectivity index (χ4n) is 2.38. The molecule has 2 aromatic carbocycles. The summed E-state index contributed by atoms with van der Waals surface area (Å²) in [6.07, 6.45) is 1.85. The Kier molecular flexibility index (Phi) is 3.60. The van der Waals surface area contributed by atoms with Crippen LogP contribution in [0, 0.1) is 0 Å². The third-order valence-electron chi connectivity index (χ3n) is 3.31. The summed E-state index contributed by atoms with van der Waals surface area (Å²) in [6.45, 7) is 0.636. The zero-order valence-electron chi connectivity index (χ0n) is 11.5. The van der Waals surface area contributed by atoms with Gasteiger partial charge in [-0.3, -0.25) is 4.79 Å². The van der Waals surface area contributed by atoms with Gasteiger partial charge < -0.3 is 15.0 Å². The van der Waals surface area contributed by atoms with Crippen LogP contribution in [0.3, 0.4) is 0 Å². The van der Waals surface area contributed by atoms with Gasteiger partial charge in [-0.15, -0.1) is 0 Å². The van der Waals surface area contributed by atoms with Gasteiger partial charge in [0.25, 0.3) is 0 Å². The summed E-state index contributed by atoms with van der Waals surface area (Å²) in [6, 6.07) is 17.8. The van der Waals surface area contributed by atoms with Gasteiger partial charge in [0.05, 0.1) is 5.52 Å². The van der Waals surface area contributed by atoms with Crippen molar-refractivity contribution in [3.05, 3.63) is 66.4 Å². The fraction of sp³-hybridized carbons (Fsp3) is 0.118. The van der Waals surface area contributed by atoms with E-state index in [1.54, 1.807) is 0 Å². The zero-order chi connectivity index (χ0) is 14.7. The maximum absolute atomic E-state index is 11.2. The monoisotopic (exact) mass is 280 g/mol. The second-order valence-electron chi connectivity index (χ2n) is 4.88. The van der Waals surface area contributed by atoms with Gasteiger partial charge in [0.2, 0.25) is 5.91 Å². The molecule has 1 heterocycles. The quantitative estimate of drug-likeness (QED) is 0.781. The van der Waals surface area contributed by atoms with Crippen molar-refractivity contribution in [1.82, 2.24) is 4.57 Å². The van der Waals surface area contributed by atoms with Gasteiger partial charge in [0.15, 0.2) is 0 Å². The summed E-state index contributed by atoms with van der Waals surface area (Å²) in [5, 5.41) is 1.03. The van der Waals surface area contributed by atoms with Gasteiger partial charge in [-0.05, 0) is 17.7 Å². The van der Waals surface area contributed by atoms with Crippen molar-refractivity contribution >= 4 is 16.8 Å². The lowest BCUT2D eigenvalue weighted by Gasteiger charge is -2.10. The van der Waals surface area contributed by atoms with E-state index >= 15 is 0 Å². The highest BCUT2D eigenvalue weighted by Gasteiger charge is 2.09. The molecule has 1 amide bonds. The first-order valence-electron chi connectivity index (χ1n) is 6.77. The van der Waals surface area contributed by atoms with E-state index in [4.69, 9.17) is 10.5 Å². The minimum absolute atomic E-state index is 0.148. The molecule has 0 fully saturated rings. The van der Waals surface area contributed by atoms with Gasteiger partial charge in [-0.2, -0.15) is 0 Å². The Bertz CT molecular complexity index is 763. The molecule has 106 valence electrons. The first-order chi connectivity index (χ1) is 10.2. The second kappa shape index (κ2) is 5.71. The minimum Gasteiger partial charge on any atom is -0.487 e.